The Balaban J connectivity index is 2.67. The van der Waals surface area contributed by atoms with Crippen LogP contribution in [0.5, 0.6) is 5.75 Å². The first-order chi connectivity index (χ1) is 8.63. The molecule has 0 saturated carbocycles. The molecule has 2 aromatic carbocycles. The quantitative estimate of drug-likeness (QED) is 0.840. The van der Waals surface area contributed by atoms with Gasteiger partial charge in [0.05, 0.1) is 7.11 Å². The summed E-state index contributed by atoms with van der Waals surface area (Å²) in [5, 5.41) is 10.9. The second-order valence-corrected chi connectivity index (χ2v) is 4.04. The van der Waals surface area contributed by atoms with Crippen LogP contribution in [0.4, 0.5) is 0 Å². The van der Waals surface area contributed by atoms with Crippen LogP contribution in [-0.2, 0) is 4.79 Å². The molecule has 0 atom stereocenters. The zero-order valence-corrected chi connectivity index (χ0v) is 10.3. The number of carboxylic acids is 1. The van der Waals surface area contributed by atoms with Gasteiger partial charge >= 0.3 is 5.97 Å². The van der Waals surface area contributed by atoms with E-state index in [0.29, 0.717) is 5.57 Å². The molecule has 0 fully saturated rings. The maximum atomic E-state index is 10.9. The zero-order valence-electron chi connectivity index (χ0n) is 10.3. The van der Waals surface area contributed by atoms with Crippen LogP contribution in [0.2, 0.25) is 0 Å². The number of carbonyl (C=O) groups is 1. The van der Waals surface area contributed by atoms with Gasteiger partial charge in [0.2, 0.25) is 0 Å². The fourth-order valence-electron chi connectivity index (χ4n) is 1.89. The Kier molecular flexibility index (Phi) is 3.33. The van der Waals surface area contributed by atoms with Crippen molar-refractivity contribution in [3.05, 3.63) is 47.5 Å². The summed E-state index contributed by atoms with van der Waals surface area (Å²) in [5.41, 5.74) is 1.19. The van der Waals surface area contributed by atoms with E-state index >= 15 is 0 Å². The lowest BCUT2D eigenvalue weighted by atomic mass is 10.0. The van der Waals surface area contributed by atoms with Crippen LogP contribution < -0.4 is 4.74 Å². The van der Waals surface area contributed by atoms with Crippen molar-refractivity contribution in [2.45, 2.75) is 6.92 Å². The SMILES string of the molecule is COc1ccc(/C=C(\C)C(=O)O)c2ccccc12. The van der Waals surface area contributed by atoms with Gasteiger partial charge in [0.15, 0.2) is 0 Å². The molecule has 2 rings (SSSR count). The van der Waals surface area contributed by atoms with E-state index < -0.39 is 5.97 Å². The number of hydrogen-bond donors (Lipinski definition) is 1. The summed E-state index contributed by atoms with van der Waals surface area (Å²) in [6, 6.07) is 11.5. The first kappa shape index (κ1) is 12.2. The molecule has 2 aromatic rings. The lowest BCUT2D eigenvalue weighted by Gasteiger charge is -2.08. The fourth-order valence-corrected chi connectivity index (χ4v) is 1.89. The topological polar surface area (TPSA) is 46.5 Å². The number of aliphatic carboxylic acids is 1. The van der Waals surface area contributed by atoms with Gasteiger partial charge in [-0.25, -0.2) is 4.79 Å². The first-order valence-electron chi connectivity index (χ1n) is 5.61. The molecule has 0 aliphatic heterocycles. The second-order valence-electron chi connectivity index (χ2n) is 4.04. The normalized spacial score (nSPS) is 11.6. The molecule has 92 valence electrons. The third-order valence-corrected chi connectivity index (χ3v) is 2.85. The predicted molar refractivity (Wildman–Crippen MR) is 71.8 cm³/mol. The molecule has 0 unspecified atom stereocenters. The van der Waals surface area contributed by atoms with Crippen molar-refractivity contribution < 1.29 is 14.6 Å². The maximum absolute atomic E-state index is 10.9. The minimum atomic E-state index is -0.908. The number of carboxylic acid groups (broad SMARTS) is 1. The van der Waals surface area contributed by atoms with Gasteiger partial charge in [0.1, 0.15) is 5.75 Å². The molecule has 18 heavy (non-hydrogen) atoms. The van der Waals surface area contributed by atoms with E-state index in [1.165, 1.54) is 0 Å². The molecule has 0 saturated heterocycles. The van der Waals surface area contributed by atoms with Crippen molar-refractivity contribution in [3.8, 4) is 5.75 Å². The average molecular weight is 242 g/mol. The molecule has 0 heterocycles. The Bertz CT molecular complexity index is 627. The number of rotatable bonds is 3. The Labute approximate surface area is 105 Å². The van der Waals surface area contributed by atoms with Gasteiger partial charge in [0, 0.05) is 11.0 Å². The number of ether oxygens (including phenoxy) is 1. The van der Waals surface area contributed by atoms with Crippen molar-refractivity contribution in [2.75, 3.05) is 7.11 Å². The van der Waals surface area contributed by atoms with Crippen molar-refractivity contribution >= 4 is 22.8 Å². The molecule has 0 aromatic heterocycles. The van der Waals surface area contributed by atoms with Crippen LogP contribution in [0.1, 0.15) is 12.5 Å². The van der Waals surface area contributed by atoms with Gasteiger partial charge in [-0.15, -0.1) is 0 Å². The minimum Gasteiger partial charge on any atom is -0.496 e. The van der Waals surface area contributed by atoms with E-state index in [4.69, 9.17) is 9.84 Å². The van der Waals surface area contributed by atoms with Gasteiger partial charge in [-0.2, -0.15) is 0 Å². The molecule has 0 aliphatic rings. The highest BCUT2D eigenvalue weighted by atomic mass is 16.5. The summed E-state index contributed by atoms with van der Waals surface area (Å²) in [6.07, 6.45) is 1.67. The number of methoxy groups -OCH3 is 1. The van der Waals surface area contributed by atoms with E-state index in [2.05, 4.69) is 0 Å². The molecular formula is C15H14O3. The molecular weight excluding hydrogens is 228 g/mol. The second kappa shape index (κ2) is 4.92. The van der Waals surface area contributed by atoms with E-state index in [0.717, 1.165) is 22.1 Å². The van der Waals surface area contributed by atoms with Gasteiger partial charge in [-0.1, -0.05) is 30.3 Å². The lowest BCUT2D eigenvalue weighted by Crippen LogP contribution is -1.95. The molecule has 0 aliphatic carbocycles. The van der Waals surface area contributed by atoms with Gasteiger partial charge in [0.25, 0.3) is 0 Å². The van der Waals surface area contributed by atoms with Gasteiger partial charge in [-0.3, -0.25) is 0 Å². The van der Waals surface area contributed by atoms with E-state index in [-0.39, 0.29) is 0 Å². The first-order valence-corrected chi connectivity index (χ1v) is 5.61. The monoisotopic (exact) mass is 242 g/mol. The molecule has 0 amide bonds. The van der Waals surface area contributed by atoms with Gasteiger partial charge in [-0.05, 0) is 30.0 Å². The predicted octanol–water partition coefficient (Wildman–Crippen LogP) is 3.34. The molecule has 3 nitrogen and oxygen atoms in total. The molecule has 1 N–H and O–H groups in total. The fraction of sp³-hybridized carbons (Fsp3) is 0.133. The largest absolute Gasteiger partial charge is 0.496 e. The Hall–Kier alpha value is -2.29. The highest BCUT2D eigenvalue weighted by Gasteiger charge is 2.06. The highest BCUT2D eigenvalue weighted by Crippen LogP contribution is 2.29. The Morgan fingerprint density at radius 2 is 1.83 bits per heavy atom. The van der Waals surface area contributed by atoms with Crippen LogP contribution in [0, 0.1) is 0 Å². The molecule has 0 spiro atoms. The average Bonchev–Trinajstić information content (AvgIpc) is 2.39. The van der Waals surface area contributed by atoms with Crippen molar-refractivity contribution in [1.82, 2.24) is 0 Å². The summed E-state index contributed by atoms with van der Waals surface area (Å²) in [6.45, 7) is 1.58. The molecule has 0 bridgehead atoms. The molecule has 0 radical (unpaired) electrons. The maximum Gasteiger partial charge on any atom is 0.331 e. The Morgan fingerprint density at radius 1 is 1.17 bits per heavy atom. The number of hydrogen-bond acceptors (Lipinski definition) is 2. The van der Waals surface area contributed by atoms with Crippen molar-refractivity contribution in [2.24, 2.45) is 0 Å². The van der Waals surface area contributed by atoms with Crippen LogP contribution in [0.25, 0.3) is 16.8 Å². The van der Waals surface area contributed by atoms with Gasteiger partial charge < -0.3 is 9.84 Å². The van der Waals surface area contributed by atoms with Crippen LogP contribution in [-0.4, -0.2) is 18.2 Å². The summed E-state index contributed by atoms with van der Waals surface area (Å²) in [4.78, 5) is 10.9. The van der Waals surface area contributed by atoms with Crippen LogP contribution in [0.3, 0.4) is 0 Å². The summed E-state index contributed by atoms with van der Waals surface area (Å²) < 4.78 is 5.30. The summed E-state index contributed by atoms with van der Waals surface area (Å²) in [5.74, 6) is -0.120. The van der Waals surface area contributed by atoms with E-state index in [1.54, 1.807) is 20.1 Å². The van der Waals surface area contributed by atoms with Crippen molar-refractivity contribution in [1.29, 1.82) is 0 Å². The summed E-state index contributed by atoms with van der Waals surface area (Å²) in [7, 11) is 1.62. The smallest absolute Gasteiger partial charge is 0.331 e. The van der Waals surface area contributed by atoms with E-state index in [9.17, 15) is 4.79 Å². The highest BCUT2D eigenvalue weighted by molar-refractivity contribution is 5.99. The van der Waals surface area contributed by atoms with E-state index in [1.807, 2.05) is 36.4 Å². The van der Waals surface area contributed by atoms with Crippen LogP contribution >= 0.6 is 0 Å². The lowest BCUT2D eigenvalue weighted by molar-refractivity contribution is -0.132. The standard InChI is InChI=1S/C15H14O3/c1-10(15(16)17)9-11-7-8-14(18-2)13-6-4-3-5-12(11)13/h3-9H,1-2H3,(H,16,17)/b10-9+. The van der Waals surface area contributed by atoms with Crippen molar-refractivity contribution in [3.63, 3.8) is 0 Å². The third-order valence-electron chi connectivity index (χ3n) is 2.85. The summed E-state index contributed by atoms with van der Waals surface area (Å²) >= 11 is 0. The zero-order chi connectivity index (χ0) is 13.1. The minimum absolute atomic E-state index is 0.310. The van der Waals surface area contributed by atoms with Crippen LogP contribution in [0.15, 0.2) is 42.0 Å². The number of fused-ring (bicyclic) bond motifs is 1. The Morgan fingerprint density at radius 3 is 2.44 bits per heavy atom. The molecule has 3 heteroatoms. The third kappa shape index (κ3) is 2.20. The number of benzene rings is 2.